The lowest BCUT2D eigenvalue weighted by molar-refractivity contribution is 0.00682. The quantitative estimate of drug-likeness (QED) is 0.464. The highest BCUT2D eigenvalue weighted by Gasteiger charge is 2.45. The summed E-state index contributed by atoms with van der Waals surface area (Å²) in [5.74, 6) is 1.09. The minimum Gasteiger partial charge on any atom is -0.480 e. The number of amides is 1. The molecule has 9 nitrogen and oxygen atoms in total. The number of anilines is 1. The average molecular weight is 534 g/mol. The standard InChI is InChI=1S/C29H32FN5O4/c1-29(2,3)39-28(36)35-20-5-6-21(35)13-19(12-20)32-24-8-7-22-26-18(15-38-27(22)33-24)9-16(10-23(26)30)17-11-25(37-4)34-31-14-17/h7-11,14,19-21H,5-6,12-13,15H2,1-4H3,(H,32,33)/t19?,20-,21+. The second-order valence-corrected chi connectivity index (χ2v) is 11.4. The van der Waals surface area contributed by atoms with Crippen LogP contribution >= 0.6 is 0 Å². The van der Waals surface area contributed by atoms with Crippen LogP contribution in [0.4, 0.5) is 15.0 Å². The number of nitrogens with one attached hydrogen (secondary N) is 1. The van der Waals surface area contributed by atoms with Gasteiger partial charge in [0.1, 0.15) is 23.8 Å². The van der Waals surface area contributed by atoms with E-state index in [1.54, 1.807) is 12.3 Å². The third-order valence-corrected chi connectivity index (χ3v) is 7.53. The monoisotopic (exact) mass is 533 g/mol. The third-order valence-electron chi connectivity index (χ3n) is 7.53. The van der Waals surface area contributed by atoms with Crippen LogP contribution < -0.4 is 14.8 Å². The van der Waals surface area contributed by atoms with Crippen molar-refractivity contribution in [1.82, 2.24) is 20.1 Å². The molecule has 2 fully saturated rings. The number of benzene rings is 1. The van der Waals surface area contributed by atoms with Gasteiger partial charge >= 0.3 is 6.09 Å². The van der Waals surface area contributed by atoms with E-state index in [9.17, 15) is 4.79 Å². The second kappa shape index (κ2) is 9.66. The summed E-state index contributed by atoms with van der Waals surface area (Å²) >= 11 is 0. The number of halogens is 1. The maximum atomic E-state index is 15.4. The Morgan fingerprint density at radius 3 is 2.62 bits per heavy atom. The molecule has 0 aliphatic carbocycles. The summed E-state index contributed by atoms with van der Waals surface area (Å²) in [5, 5.41) is 11.3. The molecular formula is C29H32FN5O4. The maximum Gasteiger partial charge on any atom is 0.410 e. The van der Waals surface area contributed by atoms with E-state index in [2.05, 4.69) is 20.5 Å². The Morgan fingerprint density at radius 1 is 1.13 bits per heavy atom. The molecule has 0 spiro atoms. The largest absolute Gasteiger partial charge is 0.480 e. The van der Waals surface area contributed by atoms with Crippen molar-refractivity contribution < 1.29 is 23.4 Å². The van der Waals surface area contributed by atoms with Gasteiger partial charge in [-0.15, -0.1) is 5.10 Å². The molecular weight excluding hydrogens is 501 g/mol. The number of rotatable bonds is 4. The van der Waals surface area contributed by atoms with Crippen molar-refractivity contribution in [3.63, 3.8) is 0 Å². The SMILES string of the molecule is COc1cc(-c2cc(F)c3c(c2)COc2nc(NC4C[C@H]5CC[C@@H](C4)N5C(=O)OC(C)(C)C)ccc2-3)cnn1. The topological polar surface area (TPSA) is 98.7 Å². The second-order valence-electron chi connectivity index (χ2n) is 11.4. The first-order chi connectivity index (χ1) is 18.7. The number of hydrogen-bond acceptors (Lipinski definition) is 8. The molecule has 3 aliphatic rings. The summed E-state index contributed by atoms with van der Waals surface area (Å²) in [5.41, 5.74) is 2.72. The van der Waals surface area contributed by atoms with Crippen LogP contribution in [0.15, 0.2) is 36.5 Å². The number of fused-ring (bicyclic) bond motifs is 5. The van der Waals surface area contributed by atoms with Crippen molar-refractivity contribution in [2.45, 2.75) is 76.8 Å². The van der Waals surface area contributed by atoms with Crippen LogP contribution in [0.25, 0.3) is 22.3 Å². The number of ether oxygens (including phenoxy) is 3. The predicted octanol–water partition coefficient (Wildman–Crippen LogP) is 5.59. The zero-order valence-corrected chi connectivity index (χ0v) is 22.5. The predicted molar refractivity (Wildman–Crippen MR) is 143 cm³/mol. The van der Waals surface area contributed by atoms with Gasteiger partial charge in [-0.2, -0.15) is 10.1 Å². The van der Waals surface area contributed by atoms with Gasteiger partial charge in [-0.1, -0.05) is 0 Å². The summed E-state index contributed by atoms with van der Waals surface area (Å²) in [6.07, 6.45) is 4.95. The fourth-order valence-electron chi connectivity index (χ4n) is 5.93. The molecule has 3 atom stereocenters. The molecule has 39 heavy (non-hydrogen) atoms. The van der Waals surface area contributed by atoms with Crippen LogP contribution in [0, 0.1) is 5.82 Å². The molecule has 1 amide bonds. The van der Waals surface area contributed by atoms with Crippen LogP contribution in [-0.4, -0.2) is 57.0 Å². The molecule has 3 aliphatic heterocycles. The molecule has 1 aromatic carbocycles. The van der Waals surface area contributed by atoms with Gasteiger partial charge in [0.2, 0.25) is 11.8 Å². The molecule has 2 aromatic heterocycles. The normalized spacial score (nSPS) is 21.5. The van der Waals surface area contributed by atoms with E-state index in [1.165, 1.54) is 13.2 Å². The van der Waals surface area contributed by atoms with Crippen molar-refractivity contribution >= 4 is 11.9 Å². The highest BCUT2D eigenvalue weighted by molar-refractivity contribution is 5.79. The van der Waals surface area contributed by atoms with Gasteiger partial charge in [0.15, 0.2) is 0 Å². The van der Waals surface area contributed by atoms with Crippen molar-refractivity contribution in [1.29, 1.82) is 0 Å². The number of nitrogens with zero attached hydrogens (tertiary/aromatic N) is 4. The number of hydrogen-bond donors (Lipinski definition) is 1. The molecule has 0 radical (unpaired) electrons. The van der Waals surface area contributed by atoms with Gasteiger partial charge < -0.3 is 24.4 Å². The van der Waals surface area contributed by atoms with Crippen LogP contribution in [0.2, 0.25) is 0 Å². The van der Waals surface area contributed by atoms with Gasteiger partial charge in [-0.3, -0.25) is 0 Å². The van der Waals surface area contributed by atoms with E-state index in [0.717, 1.165) is 31.2 Å². The highest BCUT2D eigenvalue weighted by atomic mass is 19.1. The number of pyridine rings is 1. The van der Waals surface area contributed by atoms with Crippen molar-refractivity contribution in [2.75, 3.05) is 12.4 Å². The summed E-state index contributed by atoms with van der Waals surface area (Å²) in [6.45, 7) is 5.88. The summed E-state index contributed by atoms with van der Waals surface area (Å²) in [6, 6.07) is 9.30. The van der Waals surface area contributed by atoms with Gasteiger partial charge in [-0.05, 0) is 76.3 Å². The Labute approximate surface area is 226 Å². The van der Waals surface area contributed by atoms with E-state index >= 15 is 4.39 Å². The van der Waals surface area contributed by atoms with Crippen molar-refractivity contribution in [3.8, 4) is 34.0 Å². The fourth-order valence-corrected chi connectivity index (χ4v) is 5.93. The smallest absolute Gasteiger partial charge is 0.410 e. The Kier molecular flexibility index (Phi) is 6.28. The Hall–Kier alpha value is -3.95. The molecule has 2 saturated heterocycles. The Morgan fingerprint density at radius 2 is 1.90 bits per heavy atom. The Bertz CT molecular complexity index is 1410. The first-order valence-corrected chi connectivity index (χ1v) is 13.3. The van der Waals surface area contributed by atoms with Gasteiger partial charge in [0.25, 0.3) is 0 Å². The summed E-state index contributed by atoms with van der Waals surface area (Å²) < 4.78 is 32.2. The summed E-state index contributed by atoms with van der Waals surface area (Å²) in [7, 11) is 1.51. The average Bonchev–Trinajstić information content (AvgIpc) is 3.18. The van der Waals surface area contributed by atoms with E-state index in [4.69, 9.17) is 14.2 Å². The molecule has 2 bridgehead atoms. The van der Waals surface area contributed by atoms with Gasteiger partial charge in [-0.25, -0.2) is 9.18 Å². The minimum atomic E-state index is -0.512. The maximum absolute atomic E-state index is 15.4. The van der Waals surface area contributed by atoms with Gasteiger partial charge in [0.05, 0.1) is 13.3 Å². The third kappa shape index (κ3) is 4.95. The van der Waals surface area contributed by atoms with E-state index in [-0.39, 0.29) is 36.6 Å². The van der Waals surface area contributed by atoms with E-state index in [0.29, 0.717) is 39.8 Å². The number of aromatic nitrogens is 3. The molecule has 5 heterocycles. The minimum absolute atomic E-state index is 0.149. The lowest BCUT2D eigenvalue weighted by atomic mass is 9.94. The molecule has 10 heteroatoms. The van der Waals surface area contributed by atoms with Crippen molar-refractivity contribution in [3.05, 3.63) is 47.9 Å². The molecule has 0 saturated carbocycles. The van der Waals surface area contributed by atoms with Gasteiger partial charge in [0, 0.05) is 46.4 Å². The first-order valence-electron chi connectivity index (χ1n) is 13.3. The zero-order chi connectivity index (χ0) is 27.3. The van der Waals surface area contributed by atoms with E-state index in [1.807, 2.05) is 43.9 Å². The number of methoxy groups -OCH3 is 1. The number of piperidine rings is 1. The number of carbonyl (C=O) groups is 1. The fraction of sp³-hybridized carbons (Fsp3) is 0.448. The zero-order valence-electron chi connectivity index (χ0n) is 22.5. The van der Waals surface area contributed by atoms with Crippen LogP contribution in [0.1, 0.15) is 52.0 Å². The molecule has 204 valence electrons. The molecule has 6 rings (SSSR count). The lowest BCUT2D eigenvalue weighted by Gasteiger charge is -2.39. The molecule has 3 aromatic rings. The first kappa shape index (κ1) is 25.3. The van der Waals surface area contributed by atoms with E-state index < -0.39 is 5.60 Å². The summed E-state index contributed by atoms with van der Waals surface area (Å²) in [4.78, 5) is 19.4. The lowest BCUT2D eigenvalue weighted by Crippen LogP contribution is -2.51. The number of carbonyl (C=O) groups excluding carboxylic acids is 1. The molecule has 1 unspecified atom stereocenters. The molecule has 1 N–H and O–H groups in total. The van der Waals surface area contributed by atoms with Crippen LogP contribution in [-0.2, 0) is 11.3 Å². The highest BCUT2D eigenvalue weighted by Crippen LogP contribution is 2.42. The van der Waals surface area contributed by atoms with Crippen molar-refractivity contribution in [2.24, 2.45) is 0 Å². The Balaban J connectivity index is 1.19. The van der Waals surface area contributed by atoms with Crippen LogP contribution in [0.3, 0.4) is 0 Å². The van der Waals surface area contributed by atoms with Crippen LogP contribution in [0.5, 0.6) is 11.8 Å².